The minimum atomic E-state index is -0.523. The molecule has 1 aromatic heterocycles. The number of carbonyl (C=O) groups is 1. The molecular formula is C19H37IN6O2. The Morgan fingerprint density at radius 1 is 1.21 bits per heavy atom. The Morgan fingerprint density at radius 3 is 2.32 bits per heavy atom. The van der Waals surface area contributed by atoms with Gasteiger partial charge in [-0.3, -0.25) is 4.68 Å². The van der Waals surface area contributed by atoms with Crippen LogP contribution in [0.4, 0.5) is 4.79 Å². The van der Waals surface area contributed by atoms with Crippen LogP contribution in [0.2, 0.25) is 0 Å². The van der Waals surface area contributed by atoms with E-state index in [0.29, 0.717) is 19.0 Å². The quantitative estimate of drug-likeness (QED) is 0.285. The van der Waals surface area contributed by atoms with E-state index in [2.05, 4.69) is 39.9 Å². The number of alkyl carbamates (subject to hydrolysis) is 1. The number of hydrogen-bond acceptors (Lipinski definition) is 4. The fourth-order valence-corrected chi connectivity index (χ4v) is 2.56. The highest BCUT2D eigenvalue weighted by molar-refractivity contribution is 14.0. The smallest absolute Gasteiger partial charge is 0.408 e. The van der Waals surface area contributed by atoms with Crippen molar-refractivity contribution in [1.82, 2.24) is 25.7 Å². The predicted octanol–water partition coefficient (Wildman–Crippen LogP) is 3.18. The molecule has 8 nitrogen and oxygen atoms in total. The van der Waals surface area contributed by atoms with Gasteiger partial charge in [0.1, 0.15) is 5.60 Å². The Hall–Kier alpha value is -1.52. The first-order chi connectivity index (χ1) is 12.6. The summed E-state index contributed by atoms with van der Waals surface area (Å²) in [6.07, 6.45) is 4.90. The highest BCUT2D eigenvalue weighted by atomic mass is 127. The van der Waals surface area contributed by atoms with Crippen LogP contribution in [0.3, 0.4) is 0 Å². The zero-order chi connectivity index (χ0) is 20.5. The largest absolute Gasteiger partial charge is 0.444 e. The van der Waals surface area contributed by atoms with E-state index in [1.165, 1.54) is 0 Å². The molecule has 0 bridgehead atoms. The third-order valence-corrected chi connectivity index (χ3v) is 4.24. The lowest BCUT2D eigenvalue weighted by atomic mass is 9.93. The topological polar surface area (TPSA) is 92.6 Å². The van der Waals surface area contributed by atoms with Crippen LogP contribution in [-0.2, 0) is 18.3 Å². The number of hydrogen-bond donors (Lipinski definition) is 3. The number of amides is 1. The number of carbonyl (C=O) groups excluding carboxylic acids is 1. The van der Waals surface area contributed by atoms with E-state index < -0.39 is 17.2 Å². The summed E-state index contributed by atoms with van der Waals surface area (Å²) in [7, 11) is 1.88. The highest BCUT2D eigenvalue weighted by Gasteiger charge is 2.30. The van der Waals surface area contributed by atoms with Crippen molar-refractivity contribution in [2.45, 2.75) is 72.1 Å². The van der Waals surface area contributed by atoms with E-state index >= 15 is 0 Å². The molecule has 0 unspecified atom stereocenters. The molecule has 9 heteroatoms. The first-order valence-electron chi connectivity index (χ1n) is 9.64. The van der Waals surface area contributed by atoms with Crippen molar-refractivity contribution in [3.63, 3.8) is 0 Å². The second kappa shape index (κ2) is 12.1. The monoisotopic (exact) mass is 508 g/mol. The number of ether oxygens (including phenoxy) is 1. The van der Waals surface area contributed by atoms with Gasteiger partial charge in [0.05, 0.1) is 18.3 Å². The van der Waals surface area contributed by atoms with Crippen LogP contribution in [0.1, 0.15) is 59.9 Å². The molecule has 0 atom stereocenters. The predicted molar refractivity (Wildman–Crippen MR) is 124 cm³/mol. The van der Waals surface area contributed by atoms with Gasteiger partial charge in [0.25, 0.3) is 0 Å². The molecule has 1 heterocycles. The van der Waals surface area contributed by atoms with Gasteiger partial charge in [-0.2, -0.15) is 5.10 Å². The summed E-state index contributed by atoms with van der Waals surface area (Å²) in [5.41, 5.74) is 0.108. The third-order valence-electron chi connectivity index (χ3n) is 4.24. The maximum absolute atomic E-state index is 12.3. The number of guanidine groups is 1. The lowest BCUT2D eigenvalue weighted by molar-refractivity contribution is 0.0448. The summed E-state index contributed by atoms with van der Waals surface area (Å²) in [5, 5.41) is 13.8. The van der Waals surface area contributed by atoms with Crippen LogP contribution in [0, 0.1) is 0 Å². The van der Waals surface area contributed by atoms with Crippen LogP contribution in [0.5, 0.6) is 0 Å². The van der Waals surface area contributed by atoms with E-state index in [-0.39, 0.29) is 24.0 Å². The molecule has 0 aliphatic rings. The second-order valence-electron chi connectivity index (χ2n) is 7.69. The lowest BCUT2D eigenvalue weighted by Crippen LogP contribution is -2.57. The molecular weight excluding hydrogens is 471 g/mol. The number of rotatable bonds is 8. The van der Waals surface area contributed by atoms with Gasteiger partial charge >= 0.3 is 6.09 Å². The summed E-state index contributed by atoms with van der Waals surface area (Å²) >= 11 is 0. The molecule has 1 amide bonds. The van der Waals surface area contributed by atoms with Crippen molar-refractivity contribution in [1.29, 1.82) is 0 Å². The zero-order valence-electron chi connectivity index (χ0n) is 18.3. The summed E-state index contributed by atoms with van der Waals surface area (Å²) in [6, 6.07) is 0. The second-order valence-corrected chi connectivity index (χ2v) is 7.69. The summed E-state index contributed by atoms with van der Waals surface area (Å²) < 4.78 is 7.18. The Kier molecular flexibility index (Phi) is 11.5. The third kappa shape index (κ3) is 9.61. The summed E-state index contributed by atoms with van der Waals surface area (Å²) in [5.74, 6) is 0.707. The van der Waals surface area contributed by atoms with Gasteiger partial charge in [-0.1, -0.05) is 13.8 Å². The average Bonchev–Trinajstić information content (AvgIpc) is 3.00. The normalized spacial score (nSPS) is 12.2. The van der Waals surface area contributed by atoms with E-state index in [0.717, 1.165) is 24.9 Å². The number of nitrogens with one attached hydrogen (secondary N) is 3. The van der Waals surface area contributed by atoms with Crippen molar-refractivity contribution >= 4 is 36.0 Å². The fourth-order valence-electron chi connectivity index (χ4n) is 2.56. The van der Waals surface area contributed by atoms with Gasteiger partial charge in [-0.05, 0) is 40.5 Å². The Balaban J connectivity index is 0.00000729. The first-order valence-corrected chi connectivity index (χ1v) is 9.64. The SMILES string of the molecule is CCNC(=NCc1cnn(C)c1)NCC(CC)(CC)NC(=O)OC(C)(C)C.I. The van der Waals surface area contributed by atoms with E-state index in [1.807, 2.05) is 40.9 Å². The molecule has 0 aliphatic heterocycles. The Bertz CT molecular complexity index is 620. The molecule has 1 aromatic rings. The minimum Gasteiger partial charge on any atom is -0.444 e. The minimum absolute atomic E-state index is 0. The standard InChI is InChI=1S/C19H36N6O2.HI/c1-8-19(9-2,24-17(26)27-18(4,5)6)14-22-16(20-10-3)21-11-15-12-23-25(7)13-15;/h12-13H,8-11,14H2,1-7H3,(H,24,26)(H2,20,21,22);1H. The number of nitrogens with zero attached hydrogens (tertiary/aromatic N) is 3. The van der Waals surface area contributed by atoms with Gasteiger partial charge in [-0.25, -0.2) is 9.79 Å². The fraction of sp³-hybridized carbons (Fsp3) is 0.737. The van der Waals surface area contributed by atoms with E-state index in [4.69, 9.17) is 4.74 Å². The van der Waals surface area contributed by atoms with Crippen molar-refractivity contribution in [2.75, 3.05) is 13.1 Å². The maximum Gasteiger partial charge on any atom is 0.408 e. The molecule has 0 saturated carbocycles. The van der Waals surface area contributed by atoms with Gasteiger partial charge in [-0.15, -0.1) is 24.0 Å². The van der Waals surface area contributed by atoms with Gasteiger partial charge in [0.2, 0.25) is 0 Å². The molecule has 0 aliphatic carbocycles. The van der Waals surface area contributed by atoms with E-state index in [9.17, 15) is 4.79 Å². The van der Waals surface area contributed by atoms with Crippen LogP contribution in [-0.4, -0.2) is 46.1 Å². The number of aliphatic imine (C=N–C) groups is 1. The number of halogens is 1. The molecule has 3 N–H and O–H groups in total. The van der Waals surface area contributed by atoms with Gasteiger partial charge < -0.3 is 20.7 Å². The van der Waals surface area contributed by atoms with Gasteiger partial charge in [0, 0.05) is 31.9 Å². The molecule has 28 heavy (non-hydrogen) atoms. The zero-order valence-corrected chi connectivity index (χ0v) is 20.6. The van der Waals surface area contributed by atoms with Crippen molar-refractivity contribution in [3.8, 4) is 0 Å². The van der Waals surface area contributed by atoms with Crippen LogP contribution in [0.25, 0.3) is 0 Å². The maximum atomic E-state index is 12.3. The summed E-state index contributed by atoms with van der Waals surface area (Å²) in [4.78, 5) is 16.9. The summed E-state index contributed by atoms with van der Waals surface area (Å²) in [6.45, 7) is 13.6. The average molecular weight is 508 g/mol. The molecule has 0 aromatic carbocycles. The molecule has 162 valence electrons. The highest BCUT2D eigenvalue weighted by Crippen LogP contribution is 2.16. The number of aryl methyl sites for hydroxylation is 1. The number of aromatic nitrogens is 2. The molecule has 1 rings (SSSR count). The Morgan fingerprint density at radius 2 is 1.86 bits per heavy atom. The van der Waals surface area contributed by atoms with E-state index in [1.54, 1.807) is 10.9 Å². The first kappa shape index (κ1) is 26.5. The molecule has 0 saturated heterocycles. The molecule has 0 spiro atoms. The van der Waals surface area contributed by atoms with Crippen LogP contribution < -0.4 is 16.0 Å². The van der Waals surface area contributed by atoms with Crippen molar-refractivity contribution in [2.24, 2.45) is 12.0 Å². The van der Waals surface area contributed by atoms with Crippen LogP contribution in [0.15, 0.2) is 17.4 Å². The van der Waals surface area contributed by atoms with Crippen molar-refractivity contribution in [3.05, 3.63) is 18.0 Å². The molecule has 0 radical (unpaired) electrons. The van der Waals surface area contributed by atoms with Crippen LogP contribution >= 0.6 is 24.0 Å². The Labute approximate surface area is 186 Å². The van der Waals surface area contributed by atoms with Crippen molar-refractivity contribution < 1.29 is 9.53 Å². The van der Waals surface area contributed by atoms with Gasteiger partial charge in [0.15, 0.2) is 5.96 Å². The lowest BCUT2D eigenvalue weighted by Gasteiger charge is -2.34. The molecule has 0 fully saturated rings.